The lowest BCUT2D eigenvalue weighted by Crippen LogP contribution is -2.24. The first kappa shape index (κ1) is 24.5. The summed E-state index contributed by atoms with van der Waals surface area (Å²) in [4.78, 5) is 17.8. The molecule has 1 N–H and O–H groups in total. The molecule has 0 saturated heterocycles. The Bertz CT molecular complexity index is 1400. The molecule has 0 aliphatic rings. The highest BCUT2D eigenvalue weighted by Crippen LogP contribution is 2.39. The van der Waals surface area contributed by atoms with Gasteiger partial charge in [-0.1, -0.05) is 98.4 Å². The van der Waals surface area contributed by atoms with E-state index in [9.17, 15) is 9.90 Å². The first-order chi connectivity index (χ1) is 17.1. The Morgan fingerprint density at radius 3 is 2.03 bits per heavy atom. The smallest absolute Gasteiger partial charge is 0.323 e. The molecule has 0 aliphatic heterocycles. The van der Waals surface area contributed by atoms with Crippen LogP contribution < -0.4 is 4.90 Å². The van der Waals surface area contributed by atoms with E-state index in [4.69, 9.17) is 9.40 Å². The summed E-state index contributed by atoms with van der Waals surface area (Å²) in [7, 11) is 1.77. The third kappa shape index (κ3) is 5.05. The predicted octanol–water partition coefficient (Wildman–Crippen LogP) is 7.50. The largest absolute Gasteiger partial charge is 0.480 e. The summed E-state index contributed by atoms with van der Waals surface area (Å²) in [6.07, 6.45) is 0. The van der Waals surface area contributed by atoms with Gasteiger partial charge in [-0.2, -0.15) is 0 Å². The van der Waals surface area contributed by atoms with Crippen molar-refractivity contribution in [3.8, 4) is 45.2 Å². The van der Waals surface area contributed by atoms with Gasteiger partial charge >= 0.3 is 5.97 Å². The summed E-state index contributed by atoms with van der Waals surface area (Å²) >= 11 is 0. The highest BCUT2D eigenvalue weighted by molar-refractivity contribution is 5.85. The number of carboxylic acids is 1. The third-order valence-electron chi connectivity index (χ3n) is 5.84. The van der Waals surface area contributed by atoms with Crippen molar-refractivity contribution < 1.29 is 14.3 Å². The van der Waals surface area contributed by atoms with E-state index in [0.717, 1.165) is 45.0 Å². The number of hydrogen-bond acceptors (Lipinski definition) is 4. The first-order valence-corrected chi connectivity index (χ1v) is 11.3. The molecular formula is C31H28N2O3. The molecule has 0 spiro atoms. The molecule has 1 aromatic heterocycles. The summed E-state index contributed by atoms with van der Waals surface area (Å²) in [5.41, 5.74) is 6.33. The van der Waals surface area contributed by atoms with Gasteiger partial charge in [0.2, 0.25) is 5.89 Å². The van der Waals surface area contributed by atoms with Gasteiger partial charge in [-0.3, -0.25) is 4.79 Å². The lowest BCUT2D eigenvalue weighted by atomic mass is 9.99. The molecular weight excluding hydrogens is 448 g/mol. The Morgan fingerprint density at radius 1 is 0.778 bits per heavy atom. The van der Waals surface area contributed by atoms with Gasteiger partial charge in [-0.25, -0.2) is 4.98 Å². The van der Waals surface area contributed by atoms with Crippen LogP contribution in [0.2, 0.25) is 0 Å². The number of likely N-dealkylation sites (N-methyl/N-ethyl adjacent to an activating group) is 1. The number of aliphatic carboxylic acids is 1. The summed E-state index contributed by atoms with van der Waals surface area (Å²) in [6.45, 7) is -0.0777. The minimum Gasteiger partial charge on any atom is -0.480 e. The van der Waals surface area contributed by atoms with Crippen molar-refractivity contribution in [2.45, 2.75) is 7.43 Å². The summed E-state index contributed by atoms with van der Waals surface area (Å²) in [5, 5.41) is 9.18. The maximum absolute atomic E-state index is 11.2. The Hall–Kier alpha value is -4.64. The normalized spacial score (nSPS) is 10.5. The van der Waals surface area contributed by atoms with Crippen LogP contribution in [0, 0.1) is 0 Å². The minimum absolute atomic E-state index is 0. The van der Waals surface area contributed by atoms with Crippen molar-refractivity contribution in [1.29, 1.82) is 0 Å². The minimum atomic E-state index is -0.875. The number of anilines is 1. The Balaban J connectivity index is 0.00000304. The molecule has 0 radical (unpaired) electrons. The fraction of sp³-hybridized carbons (Fsp3) is 0.0968. The van der Waals surface area contributed by atoms with E-state index in [-0.39, 0.29) is 14.0 Å². The molecule has 0 fully saturated rings. The first-order valence-electron chi connectivity index (χ1n) is 11.3. The van der Waals surface area contributed by atoms with Gasteiger partial charge in [0, 0.05) is 29.4 Å². The maximum Gasteiger partial charge on any atom is 0.323 e. The van der Waals surface area contributed by atoms with E-state index >= 15 is 0 Å². The maximum atomic E-state index is 11.2. The Labute approximate surface area is 211 Å². The van der Waals surface area contributed by atoms with Crippen LogP contribution in [0.15, 0.2) is 114 Å². The number of nitrogens with zero attached hydrogens (tertiary/aromatic N) is 2. The summed E-state index contributed by atoms with van der Waals surface area (Å²) in [6, 6.07) is 35.8. The molecule has 36 heavy (non-hydrogen) atoms. The Kier molecular flexibility index (Phi) is 7.31. The van der Waals surface area contributed by atoms with Crippen molar-refractivity contribution in [3.63, 3.8) is 0 Å². The molecule has 0 aliphatic carbocycles. The Morgan fingerprint density at radius 2 is 1.36 bits per heavy atom. The number of aromatic nitrogens is 1. The number of oxazole rings is 1. The number of rotatable bonds is 7. The fourth-order valence-electron chi connectivity index (χ4n) is 4.14. The fourth-order valence-corrected chi connectivity index (χ4v) is 4.14. The second kappa shape index (κ2) is 10.7. The standard InChI is InChI=1S/C30H24N2O3.CH4/c1-32(20-27(33)34)24-16-10-15-23(19-24)25-17-8-9-18-26(25)30-31-28(21-11-4-2-5-12-21)29(35-30)22-13-6-3-7-14-22;/h2-19H,20H2,1H3,(H,33,34);1H4. The molecule has 5 rings (SSSR count). The van der Waals surface area contributed by atoms with Gasteiger partial charge in [0.25, 0.3) is 0 Å². The van der Waals surface area contributed by atoms with Crippen LogP contribution in [0.3, 0.4) is 0 Å². The SMILES string of the molecule is C.CN(CC(=O)O)c1cccc(-c2ccccc2-c2nc(-c3ccccc3)c(-c3ccccc3)o2)c1. The van der Waals surface area contributed by atoms with E-state index in [0.29, 0.717) is 5.89 Å². The van der Waals surface area contributed by atoms with Crippen LogP contribution in [-0.2, 0) is 4.79 Å². The van der Waals surface area contributed by atoms with Crippen LogP contribution in [0.4, 0.5) is 5.69 Å². The molecule has 5 aromatic rings. The van der Waals surface area contributed by atoms with E-state index in [1.165, 1.54) is 0 Å². The zero-order valence-electron chi connectivity index (χ0n) is 19.3. The molecule has 0 unspecified atom stereocenters. The quantitative estimate of drug-likeness (QED) is 0.263. The molecule has 4 aromatic carbocycles. The molecule has 1 heterocycles. The van der Waals surface area contributed by atoms with E-state index in [1.54, 1.807) is 11.9 Å². The number of carboxylic acid groups (broad SMARTS) is 1. The molecule has 0 amide bonds. The summed E-state index contributed by atoms with van der Waals surface area (Å²) in [5.74, 6) is 0.374. The summed E-state index contributed by atoms with van der Waals surface area (Å²) < 4.78 is 6.43. The molecule has 180 valence electrons. The van der Waals surface area contributed by atoms with Crippen LogP contribution in [0.25, 0.3) is 45.2 Å². The highest BCUT2D eigenvalue weighted by atomic mass is 16.4. The molecule has 0 atom stereocenters. The topological polar surface area (TPSA) is 66.6 Å². The highest BCUT2D eigenvalue weighted by Gasteiger charge is 2.20. The molecule has 5 heteroatoms. The molecule has 0 bridgehead atoms. The lowest BCUT2D eigenvalue weighted by molar-refractivity contribution is -0.135. The van der Waals surface area contributed by atoms with Crippen molar-refractivity contribution >= 4 is 11.7 Å². The zero-order valence-corrected chi connectivity index (χ0v) is 19.3. The second-order valence-electron chi connectivity index (χ2n) is 8.27. The van der Waals surface area contributed by atoms with Gasteiger partial charge in [0.15, 0.2) is 5.76 Å². The van der Waals surface area contributed by atoms with Crippen molar-refractivity contribution in [3.05, 3.63) is 109 Å². The van der Waals surface area contributed by atoms with Gasteiger partial charge < -0.3 is 14.4 Å². The monoisotopic (exact) mass is 476 g/mol. The van der Waals surface area contributed by atoms with Crippen molar-refractivity contribution in [2.24, 2.45) is 0 Å². The van der Waals surface area contributed by atoms with Crippen LogP contribution in [0.1, 0.15) is 7.43 Å². The average Bonchev–Trinajstić information content (AvgIpc) is 3.35. The third-order valence-corrected chi connectivity index (χ3v) is 5.84. The van der Waals surface area contributed by atoms with Gasteiger partial charge in [0.1, 0.15) is 12.2 Å². The van der Waals surface area contributed by atoms with Crippen LogP contribution in [0.5, 0.6) is 0 Å². The lowest BCUT2D eigenvalue weighted by Gasteiger charge is -2.18. The zero-order chi connectivity index (χ0) is 24.2. The van der Waals surface area contributed by atoms with Crippen LogP contribution >= 0.6 is 0 Å². The molecule has 0 saturated carbocycles. The average molecular weight is 477 g/mol. The van der Waals surface area contributed by atoms with Gasteiger partial charge in [-0.15, -0.1) is 0 Å². The number of benzene rings is 4. The second-order valence-corrected chi connectivity index (χ2v) is 8.27. The van der Waals surface area contributed by atoms with Gasteiger partial charge in [-0.05, 0) is 29.3 Å². The predicted molar refractivity (Wildman–Crippen MR) is 146 cm³/mol. The number of hydrogen-bond donors (Lipinski definition) is 1. The van der Waals surface area contributed by atoms with E-state index in [1.807, 2.05) is 109 Å². The van der Waals surface area contributed by atoms with E-state index < -0.39 is 5.97 Å². The van der Waals surface area contributed by atoms with Crippen LogP contribution in [-0.4, -0.2) is 29.7 Å². The van der Waals surface area contributed by atoms with Gasteiger partial charge in [0.05, 0.1) is 0 Å². The van der Waals surface area contributed by atoms with Crippen molar-refractivity contribution in [1.82, 2.24) is 4.98 Å². The molecule has 5 nitrogen and oxygen atoms in total. The number of carbonyl (C=O) groups is 1. The van der Waals surface area contributed by atoms with E-state index in [2.05, 4.69) is 0 Å². The van der Waals surface area contributed by atoms with Crippen molar-refractivity contribution in [2.75, 3.05) is 18.5 Å².